The van der Waals surface area contributed by atoms with Crippen molar-refractivity contribution in [2.75, 3.05) is 18.4 Å². The Morgan fingerprint density at radius 2 is 1.69 bits per heavy atom. The zero-order valence-electron chi connectivity index (χ0n) is 9.26. The van der Waals surface area contributed by atoms with E-state index in [9.17, 15) is 4.79 Å². The second kappa shape index (κ2) is 5.97. The number of anilines is 1. The lowest BCUT2D eigenvalue weighted by Gasteiger charge is -2.19. The molecule has 0 atom stereocenters. The molecule has 2 amide bonds. The van der Waals surface area contributed by atoms with Crippen LogP contribution in [0.2, 0.25) is 10.0 Å². The minimum absolute atomic E-state index is 0.150. The van der Waals surface area contributed by atoms with E-state index in [2.05, 4.69) is 5.32 Å². The lowest BCUT2D eigenvalue weighted by Crippen LogP contribution is -2.34. The molecule has 0 aliphatic carbocycles. The maximum Gasteiger partial charge on any atom is 0.321 e. The molecular formula is C11H14Cl2N2O. The molecule has 1 N–H and O–H groups in total. The molecule has 0 aliphatic rings. The summed E-state index contributed by atoms with van der Waals surface area (Å²) in [6.45, 7) is 5.18. The molecule has 1 aromatic carbocycles. The molecule has 0 saturated heterocycles. The SMILES string of the molecule is CCN(CC)C(=O)Nc1cc(Cl)cc(Cl)c1. The number of nitrogens with one attached hydrogen (secondary N) is 1. The minimum atomic E-state index is -0.150. The monoisotopic (exact) mass is 260 g/mol. The second-order valence-corrected chi connectivity index (χ2v) is 4.13. The van der Waals surface area contributed by atoms with Crippen LogP contribution in [-0.2, 0) is 0 Å². The summed E-state index contributed by atoms with van der Waals surface area (Å²) in [5.74, 6) is 0. The number of nitrogens with zero attached hydrogens (tertiary/aromatic N) is 1. The number of amides is 2. The average Bonchev–Trinajstić information content (AvgIpc) is 2.17. The van der Waals surface area contributed by atoms with Crippen LogP contribution in [0.15, 0.2) is 18.2 Å². The Morgan fingerprint density at radius 3 is 2.12 bits per heavy atom. The van der Waals surface area contributed by atoms with Crippen LogP contribution in [0.5, 0.6) is 0 Å². The Bertz CT molecular complexity index is 358. The van der Waals surface area contributed by atoms with Gasteiger partial charge in [0.15, 0.2) is 0 Å². The highest BCUT2D eigenvalue weighted by molar-refractivity contribution is 6.35. The fraction of sp³-hybridized carbons (Fsp3) is 0.364. The lowest BCUT2D eigenvalue weighted by atomic mass is 10.3. The zero-order chi connectivity index (χ0) is 12.1. The molecular weight excluding hydrogens is 247 g/mol. The highest BCUT2D eigenvalue weighted by Gasteiger charge is 2.09. The summed E-state index contributed by atoms with van der Waals surface area (Å²) in [6.07, 6.45) is 0. The number of hydrogen-bond donors (Lipinski definition) is 1. The first kappa shape index (κ1) is 13.1. The van der Waals surface area contributed by atoms with Gasteiger partial charge in [0.05, 0.1) is 0 Å². The summed E-state index contributed by atoms with van der Waals surface area (Å²) < 4.78 is 0. The van der Waals surface area contributed by atoms with E-state index in [0.29, 0.717) is 28.8 Å². The van der Waals surface area contributed by atoms with Crippen LogP contribution < -0.4 is 5.32 Å². The van der Waals surface area contributed by atoms with Gasteiger partial charge in [-0.3, -0.25) is 0 Å². The zero-order valence-corrected chi connectivity index (χ0v) is 10.8. The number of rotatable bonds is 3. The van der Waals surface area contributed by atoms with Crippen LogP contribution in [0.1, 0.15) is 13.8 Å². The van der Waals surface area contributed by atoms with Gasteiger partial charge in [-0.2, -0.15) is 0 Å². The van der Waals surface area contributed by atoms with Gasteiger partial charge >= 0.3 is 6.03 Å². The molecule has 5 heteroatoms. The van der Waals surface area contributed by atoms with Gasteiger partial charge in [-0.25, -0.2) is 4.79 Å². The molecule has 88 valence electrons. The van der Waals surface area contributed by atoms with E-state index in [4.69, 9.17) is 23.2 Å². The van der Waals surface area contributed by atoms with Gasteiger partial charge in [-0.1, -0.05) is 23.2 Å². The Labute approximate surface area is 105 Å². The van der Waals surface area contributed by atoms with Crippen LogP contribution in [0, 0.1) is 0 Å². The first-order chi connectivity index (χ1) is 7.56. The van der Waals surface area contributed by atoms with E-state index >= 15 is 0 Å². The average molecular weight is 261 g/mol. The van der Waals surface area contributed by atoms with Crippen molar-refractivity contribution >= 4 is 34.9 Å². The van der Waals surface area contributed by atoms with Crippen molar-refractivity contribution in [3.05, 3.63) is 28.2 Å². The molecule has 1 rings (SSSR count). The molecule has 0 bridgehead atoms. The predicted molar refractivity (Wildman–Crippen MR) is 68.4 cm³/mol. The van der Waals surface area contributed by atoms with Crippen LogP contribution in [0.3, 0.4) is 0 Å². The van der Waals surface area contributed by atoms with Crippen molar-refractivity contribution < 1.29 is 4.79 Å². The summed E-state index contributed by atoms with van der Waals surface area (Å²) in [4.78, 5) is 13.4. The predicted octanol–water partition coefficient (Wildman–Crippen LogP) is 3.87. The van der Waals surface area contributed by atoms with Crippen molar-refractivity contribution in [3.8, 4) is 0 Å². The fourth-order valence-corrected chi connectivity index (χ4v) is 1.87. The summed E-state index contributed by atoms with van der Waals surface area (Å²) in [7, 11) is 0. The van der Waals surface area contributed by atoms with Crippen LogP contribution >= 0.6 is 23.2 Å². The number of hydrogen-bond acceptors (Lipinski definition) is 1. The first-order valence-electron chi connectivity index (χ1n) is 5.08. The molecule has 0 heterocycles. The molecule has 0 saturated carbocycles. The van der Waals surface area contributed by atoms with E-state index in [1.165, 1.54) is 0 Å². The maximum absolute atomic E-state index is 11.7. The summed E-state index contributed by atoms with van der Waals surface area (Å²) in [6, 6.07) is 4.79. The summed E-state index contributed by atoms with van der Waals surface area (Å²) in [5, 5.41) is 3.75. The lowest BCUT2D eigenvalue weighted by molar-refractivity contribution is 0.217. The van der Waals surface area contributed by atoms with E-state index in [1.807, 2.05) is 13.8 Å². The standard InChI is InChI=1S/C11H14Cl2N2O/c1-3-15(4-2)11(16)14-10-6-8(12)5-9(13)7-10/h5-7H,3-4H2,1-2H3,(H,14,16). The Hall–Kier alpha value is -0.930. The van der Waals surface area contributed by atoms with Crippen LogP contribution in [-0.4, -0.2) is 24.0 Å². The first-order valence-corrected chi connectivity index (χ1v) is 5.84. The third kappa shape index (κ3) is 3.58. The minimum Gasteiger partial charge on any atom is -0.325 e. The Balaban J connectivity index is 2.76. The third-order valence-electron chi connectivity index (χ3n) is 2.16. The van der Waals surface area contributed by atoms with E-state index in [-0.39, 0.29) is 6.03 Å². The normalized spacial score (nSPS) is 10.0. The molecule has 16 heavy (non-hydrogen) atoms. The smallest absolute Gasteiger partial charge is 0.321 e. The quantitative estimate of drug-likeness (QED) is 0.880. The van der Waals surface area contributed by atoms with E-state index < -0.39 is 0 Å². The molecule has 0 radical (unpaired) electrons. The maximum atomic E-state index is 11.7. The summed E-state index contributed by atoms with van der Waals surface area (Å²) >= 11 is 11.7. The largest absolute Gasteiger partial charge is 0.325 e. The van der Waals surface area contributed by atoms with Crippen molar-refractivity contribution in [1.29, 1.82) is 0 Å². The summed E-state index contributed by atoms with van der Waals surface area (Å²) in [5.41, 5.74) is 0.606. The highest BCUT2D eigenvalue weighted by atomic mass is 35.5. The van der Waals surface area contributed by atoms with Crippen molar-refractivity contribution in [3.63, 3.8) is 0 Å². The van der Waals surface area contributed by atoms with Crippen LogP contribution in [0.25, 0.3) is 0 Å². The Kier molecular flexibility index (Phi) is 4.90. The second-order valence-electron chi connectivity index (χ2n) is 3.26. The molecule has 0 spiro atoms. The molecule has 0 aliphatic heterocycles. The number of benzene rings is 1. The van der Waals surface area contributed by atoms with Crippen molar-refractivity contribution in [1.82, 2.24) is 4.90 Å². The van der Waals surface area contributed by atoms with Gasteiger partial charge in [0.2, 0.25) is 0 Å². The van der Waals surface area contributed by atoms with Gasteiger partial charge in [0.1, 0.15) is 0 Å². The molecule has 0 aromatic heterocycles. The van der Waals surface area contributed by atoms with Crippen LogP contribution in [0.4, 0.5) is 10.5 Å². The third-order valence-corrected chi connectivity index (χ3v) is 2.60. The Morgan fingerprint density at radius 1 is 1.19 bits per heavy atom. The van der Waals surface area contributed by atoms with Gasteiger partial charge in [0.25, 0.3) is 0 Å². The van der Waals surface area contributed by atoms with Crippen molar-refractivity contribution in [2.24, 2.45) is 0 Å². The van der Waals surface area contributed by atoms with E-state index in [1.54, 1.807) is 23.1 Å². The molecule has 1 aromatic rings. The molecule has 0 fully saturated rings. The number of carbonyl (C=O) groups excluding carboxylic acids is 1. The topological polar surface area (TPSA) is 32.3 Å². The highest BCUT2D eigenvalue weighted by Crippen LogP contribution is 2.22. The molecule has 0 unspecified atom stereocenters. The van der Waals surface area contributed by atoms with E-state index in [0.717, 1.165) is 0 Å². The van der Waals surface area contributed by atoms with Gasteiger partial charge in [-0.15, -0.1) is 0 Å². The van der Waals surface area contributed by atoms with Gasteiger partial charge in [-0.05, 0) is 32.0 Å². The number of urea groups is 1. The fourth-order valence-electron chi connectivity index (χ4n) is 1.34. The molecule has 3 nitrogen and oxygen atoms in total. The number of halogens is 2. The van der Waals surface area contributed by atoms with Gasteiger partial charge in [0, 0.05) is 28.8 Å². The van der Waals surface area contributed by atoms with Crippen molar-refractivity contribution in [2.45, 2.75) is 13.8 Å². The number of carbonyl (C=O) groups is 1. The van der Waals surface area contributed by atoms with Gasteiger partial charge < -0.3 is 10.2 Å².